The molecular formula is C44H28N4S. The van der Waals surface area contributed by atoms with Crippen LogP contribution in [0.4, 0.5) is 0 Å². The molecule has 0 amide bonds. The van der Waals surface area contributed by atoms with Gasteiger partial charge in [0, 0.05) is 27.6 Å². The minimum Gasteiger partial charge on any atom is -0.236 e. The second kappa shape index (κ2) is 12.4. The number of hydrogen-bond donors (Lipinski definition) is 0. The summed E-state index contributed by atoms with van der Waals surface area (Å²) in [6, 6.07) is 58.8. The molecular weight excluding hydrogens is 617 g/mol. The number of hydrogen-bond acceptors (Lipinski definition) is 5. The monoisotopic (exact) mass is 644 g/mol. The van der Waals surface area contributed by atoms with Crippen LogP contribution in [0.25, 0.3) is 88.0 Å². The topological polar surface area (TPSA) is 51.6 Å². The molecule has 0 bridgehead atoms. The molecule has 2 heterocycles. The van der Waals surface area contributed by atoms with E-state index in [4.69, 9.17) is 19.9 Å². The van der Waals surface area contributed by atoms with Gasteiger partial charge in [0.1, 0.15) is 5.01 Å². The lowest BCUT2D eigenvalue weighted by Gasteiger charge is -2.13. The maximum Gasteiger partial charge on any atom is 0.164 e. The Kier molecular flexibility index (Phi) is 7.30. The van der Waals surface area contributed by atoms with E-state index < -0.39 is 0 Å². The standard InChI is InChI=1S/C44H28N4S/c1-4-13-30(14-5-1)41-46-42(31-15-6-2-7-16-31)48-43(47-41)35-20-12-19-33(27-35)36-21-10-11-22-37(36)34-24-23-29-25-26-39-40(38(29)28-34)49-44(45-39)32-17-8-3-9-18-32/h1-28H. The summed E-state index contributed by atoms with van der Waals surface area (Å²) in [6.45, 7) is 0. The van der Waals surface area contributed by atoms with Crippen molar-refractivity contribution in [1.29, 1.82) is 0 Å². The van der Waals surface area contributed by atoms with Crippen LogP contribution in [-0.4, -0.2) is 19.9 Å². The van der Waals surface area contributed by atoms with Crippen LogP contribution in [0.5, 0.6) is 0 Å². The van der Waals surface area contributed by atoms with Crippen LogP contribution >= 0.6 is 11.3 Å². The number of thiazole rings is 1. The Morgan fingerprint density at radius 1 is 0.347 bits per heavy atom. The van der Waals surface area contributed by atoms with E-state index in [9.17, 15) is 0 Å². The molecule has 49 heavy (non-hydrogen) atoms. The van der Waals surface area contributed by atoms with E-state index in [1.54, 1.807) is 11.3 Å². The van der Waals surface area contributed by atoms with Gasteiger partial charge in [-0.2, -0.15) is 0 Å². The van der Waals surface area contributed by atoms with E-state index in [1.165, 1.54) is 15.5 Å². The van der Waals surface area contributed by atoms with Gasteiger partial charge < -0.3 is 0 Å². The Hall–Kier alpha value is -6.30. The summed E-state index contributed by atoms with van der Waals surface area (Å²) in [5.41, 5.74) is 9.57. The van der Waals surface area contributed by atoms with Gasteiger partial charge in [-0.25, -0.2) is 19.9 Å². The van der Waals surface area contributed by atoms with E-state index in [2.05, 4.69) is 103 Å². The molecule has 230 valence electrons. The summed E-state index contributed by atoms with van der Waals surface area (Å²) in [6.07, 6.45) is 0. The largest absolute Gasteiger partial charge is 0.236 e. The number of rotatable bonds is 6. The van der Waals surface area contributed by atoms with Crippen LogP contribution in [0.15, 0.2) is 170 Å². The summed E-state index contributed by atoms with van der Waals surface area (Å²) in [5.74, 6) is 1.94. The van der Waals surface area contributed by atoms with Crippen molar-refractivity contribution in [3.05, 3.63) is 170 Å². The lowest BCUT2D eigenvalue weighted by molar-refractivity contribution is 1.07. The van der Waals surface area contributed by atoms with Crippen molar-refractivity contribution in [2.45, 2.75) is 0 Å². The predicted molar refractivity (Wildman–Crippen MR) is 203 cm³/mol. The maximum atomic E-state index is 4.99. The van der Waals surface area contributed by atoms with Crippen LogP contribution in [-0.2, 0) is 0 Å². The molecule has 9 aromatic rings. The third-order valence-electron chi connectivity index (χ3n) is 8.76. The second-order valence-electron chi connectivity index (χ2n) is 11.9. The van der Waals surface area contributed by atoms with Crippen molar-refractivity contribution in [2.24, 2.45) is 0 Å². The summed E-state index contributed by atoms with van der Waals surface area (Å²) >= 11 is 1.75. The van der Waals surface area contributed by atoms with Crippen LogP contribution in [0, 0.1) is 0 Å². The van der Waals surface area contributed by atoms with Gasteiger partial charge in [0.15, 0.2) is 17.5 Å². The molecule has 0 aliphatic carbocycles. The SMILES string of the molecule is c1ccc(-c2nc(-c3ccccc3)nc(-c3cccc(-c4ccccc4-c4ccc5ccc6nc(-c7ccccc7)sc6c5c4)c3)n2)cc1. The molecule has 9 rings (SSSR count). The highest BCUT2D eigenvalue weighted by molar-refractivity contribution is 7.22. The van der Waals surface area contributed by atoms with Gasteiger partial charge in [-0.1, -0.05) is 152 Å². The van der Waals surface area contributed by atoms with Crippen molar-refractivity contribution < 1.29 is 0 Å². The van der Waals surface area contributed by atoms with Crippen molar-refractivity contribution in [1.82, 2.24) is 19.9 Å². The molecule has 0 fully saturated rings. The Bertz CT molecular complexity index is 2540. The first-order valence-electron chi connectivity index (χ1n) is 16.2. The van der Waals surface area contributed by atoms with Gasteiger partial charge in [-0.15, -0.1) is 11.3 Å². The third-order valence-corrected chi connectivity index (χ3v) is 9.92. The van der Waals surface area contributed by atoms with Gasteiger partial charge in [0.05, 0.1) is 10.2 Å². The number of benzene rings is 7. The van der Waals surface area contributed by atoms with Gasteiger partial charge in [-0.3, -0.25) is 0 Å². The van der Waals surface area contributed by atoms with Gasteiger partial charge >= 0.3 is 0 Å². The molecule has 4 nitrogen and oxygen atoms in total. The predicted octanol–water partition coefficient (Wildman–Crippen LogP) is 11.6. The number of aromatic nitrogens is 4. The van der Waals surface area contributed by atoms with Gasteiger partial charge in [0.25, 0.3) is 0 Å². The molecule has 7 aromatic carbocycles. The molecule has 0 saturated heterocycles. The molecule has 0 aliphatic rings. The smallest absolute Gasteiger partial charge is 0.164 e. The molecule has 0 atom stereocenters. The van der Waals surface area contributed by atoms with Crippen molar-refractivity contribution in [3.8, 4) is 67.0 Å². The fraction of sp³-hybridized carbons (Fsp3) is 0. The summed E-state index contributed by atoms with van der Waals surface area (Å²) < 4.78 is 1.20. The first kappa shape index (κ1) is 28.9. The van der Waals surface area contributed by atoms with Crippen molar-refractivity contribution in [2.75, 3.05) is 0 Å². The Morgan fingerprint density at radius 3 is 1.47 bits per heavy atom. The molecule has 0 unspecified atom stereocenters. The first-order valence-corrected chi connectivity index (χ1v) is 17.0. The lowest BCUT2D eigenvalue weighted by Crippen LogP contribution is -2.00. The molecule has 0 N–H and O–H groups in total. The third kappa shape index (κ3) is 5.56. The summed E-state index contributed by atoms with van der Waals surface area (Å²) in [4.78, 5) is 19.8. The fourth-order valence-electron chi connectivity index (χ4n) is 6.33. The average molecular weight is 645 g/mol. The van der Waals surface area contributed by atoms with E-state index in [-0.39, 0.29) is 0 Å². The zero-order valence-corrected chi connectivity index (χ0v) is 27.2. The van der Waals surface area contributed by atoms with E-state index in [0.29, 0.717) is 17.5 Å². The molecule has 0 radical (unpaired) electrons. The number of fused-ring (bicyclic) bond motifs is 3. The van der Waals surface area contributed by atoms with E-state index in [1.807, 2.05) is 66.7 Å². The highest BCUT2D eigenvalue weighted by atomic mass is 32.1. The lowest BCUT2D eigenvalue weighted by atomic mass is 9.92. The van der Waals surface area contributed by atoms with Crippen LogP contribution in [0.2, 0.25) is 0 Å². The van der Waals surface area contributed by atoms with Crippen molar-refractivity contribution >= 4 is 32.3 Å². The molecule has 0 saturated carbocycles. The minimum atomic E-state index is 0.638. The van der Waals surface area contributed by atoms with Gasteiger partial charge in [-0.05, 0) is 45.8 Å². The zero-order valence-electron chi connectivity index (χ0n) is 26.4. The Morgan fingerprint density at radius 2 is 0.837 bits per heavy atom. The molecule has 2 aromatic heterocycles. The zero-order chi connectivity index (χ0) is 32.6. The van der Waals surface area contributed by atoms with Crippen LogP contribution in [0.1, 0.15) is 0 Å². The highest BCUT2D eigenvalue weighted by Crippen LogP contribution is 2.39. The molecule has 0 aliphatic heterocycles. The quantitative estimate of drug-likeness (QED) is 0.181. The number of nitrogens with zero attached hydrogens (tertiary/aromatic N) is 4. The average Bonchev–Trinajstić information content (AvgIpc) is 3.64. The summed E-state index contributed by atoms with van der Waals surface area (Å²) in [5, 5.41) is 3.46. The van der Waals surface area contributed by atoms with E-state index >= 15 is 0 Å². The summed E-state index contributed by atoms with van der Waals surface area (Å²) in [7, 11) is 0. The maximum absolute atomic E-state index is 4.99. The minimum absolute atomic E-state index is 0.638. The first-order chi connectivity index (χ1) is 24.3. The Balaban J connectivity index is 1.15. The normalized spacial score (nSPS) is 11.3. The molecule has 5 heteroatoms. The Labute approximate surface area is 288 Å². The van der Waals surface area contributed by atoms with Gasteiger partial charge in [0.2, 0.25) is 0 Å². The van der Waals surface area contributed by atoms with Crippen LogP contribution in [0.3, 0.4) is 0 Å². The second-order valence-corrected chi connectivity index (χ2v) is 12.9. The van der Waals surface area contributed by atoms with Crippen LogP contribution < -0.4 is 0 Å². The van der Waals surface area contributed by atoms with E-state index in [0.717, 1.165) is 55.0 Å². The highest BCUT2D eigenvalue weighted by Gasteiger charge is 2.15. The fourth-order valence-corrected chi connectivity index (χ4v) is 7.42. The molecule has 0 spiro atoms. The van der Waals surface area contributed by atoms with Crippen molar-refractivity contribution in [3.63, 3.8) is 0 Å².